The molecule has 2 fully saturated rings. The van der Waals surface area contributed by atoms with E-state index in [0.717, 1.165) is 55.4 Å². The zero-order valence-corrected chi connectivity index (χ0v) is 18.6. The first-order chi connectivity index (χ1) is 13.2. The molecule has 0 spiro atoms. The van der Waals surface area contributed by atoms with Gasteiger partial charge in [0, 0.05) is 26.6 Å². The van der Waals surface area contributed by atoms with Crippen molar-refractivity contribution >= 4 is 17.5 Å². The second-order valence-corrected chi connectivity index (χ2v) is 10.2. The SMILES string of the molecule is CN(CC1CC(Oc2cccc(CN3CCCC3)c2Cl)C1)C(=O)CC(C)(C)C. The van der Waals surface area contributed by atoms with Crippen LogP contribution in [0.4, 0.5) is 0 Å². The third-order valence-corrected chi connectivity index (χ3v) is 6.19. The fourth-order valence-corrected chi connectivity index (χ4v) is 4.36. The Labute approximate surface area is 175 Å². The van der Waals surface area contributed by atoms with Crippen LogP contribution in [0.25, 0.3) is 0 Å². The molecule has 1 aromatic carbocycles. The molecule has 0 atom stereocenters. The van der Waals surface area contributed by atoms with Gasteiger partial charge in [-0.2, -0.15) is 0 Å². The molecule has 2 aliphatic rings. The molecule has 1 aliphatic heterocycles. The largest absolute Gasteiger partial charge is 0.489 e. The van der Waals surface area contributed by atoms with E-state index in [2.05, 4.69) is 31.7 Å². The van der Waals surface area contributed by atoms with Crippen molar-refractivity contribution in [2.45, 2.75) is 65.5 Å². The van der Waals surface area contributed by atoms with Gasteiger partial charge in [-0.05, 0) is 61.7 Å². The predicted octanol–water partition coefficient (Wildman–Crippen LogP) is 4.99. The van der Waals surface area contributed by atoms with E-state index in [9.17, 15) is 4.79 Å². The van der Waals surface area contributed by atoms with Crippen LogP contribution in [0, 0.1) is 11.3 Å². The number of amides is 1. The van der Waals surface area contributed by atoms with Crippen LogP contribution in [0.15, 0.2) is 18.2 Å². The Kier molecular flexibility index (Phi) is 6.93. The number of nitrogens with zero attached hydrogens (tertiary/aromatic N) is 2. The molecule has 1 aliphatic carbocycles. The van der Waals surface area contributed by atoms with E-state index < -0.39 is 0 Å². The summed E-state index contributed by atoms with van der Waals surface area (Å²) in [6, 6.07) is 6.12. The minimum Gasteiger partial charge on any atom is -0.489 e. The smallest absolute Gasteiger partial charge is 0.222 e. The molecular formula is C23H35ClN2O2. The van der Waals surface area contributed by atoms with Gasteiger partial charge in [0.2, 0.25) is 5.91 Å². The van der Waals surface area contributed by atoms with Crippen LogP contribution in [0.3, 0.4) is 0 Å². The third kappa shape index (κ3) is 5.87. The number of likely N-dealkylation sites (tertiary alicyclic amines) is 1. The van der Waals surface area contributed by atoms with Crippen molar-refractivity contribution in [2.24, 2.45) is 11.3 Å². The highest BCUT2D eigenvalue weighted by Gasteiger charge is 2.33. The standard InChI is InChI=1S/C23H35ClN2O2/c1-23(2,3)14-21(27)25(4)15-17-12-19(13-17)28-20-9-7-8-18(22(20)24)16-26-10-5-6-11-26/h7-9,17,19H,5-6,10-16H2,1-4H3. The summed E-state index contributed by atoms with van der Waals surface area (Å²) in [4.78, 5) is 16.6. The van der Waals surface area contributed by atoms with E-state index >= 15 is 0 Å². The van der Waals surface area contributed by atoms with Crippen LogP contribution in [-0.2, 0) is 11.3 Å². The monoisotopic (exact) mass is 406 g/mol. The number of carbonyl (C=O) groups excluding carboxylic acids is 1. The number of halogens is 1. The maximum Gasteiger partial charge on any atom is 0.222 e. The third-order valence-electron chi connectivity index (χ3n) is 5.76. The minimum absolute atomic E-state index is 0.0352. The molecule has 1 saturated heterocycles. The lowest BCUT2D eigenvalue weighted by Crippen LogP contribution is -2.42. The molecule has 0 unspecified atom stereocenters. The average Bonchev–Trinajstić information content (AvgIpc) is 3.07. The van der Waals surface area contributed by atoms with Crippen LogP contribution in [0.5, 0.6) is 5.75 Å². The van der Waals surface area contributed by atoms with Crippen molar-refractivity contribution in [3.63, 3.8) is 0 Å². The number of carbonyl (C=O) groups is 1. The summed E-state index contributed by atoms with van der Waals surface area (Å²) in [5.74, 6) is 1.55. The Morgan fingerprint density at radius 1 is 1.25 bits per heavy atom. The summed E-state index contributed by atoms with van der Waals surface area (Å²) in [5, 5.41) is 0.760. The molecule has 1 saturated carbocycles. The van der Waals surface area contributed by atoms with E-state index in [0.29, 0.717) is 12.3 Å². The molecule has 0 bridgehead atoms. The van der Waals surface area contributed by atoms with Gasteiger partial charge in [0.25, 0.3) is 0 Å². The summed E-state index contributed by atoms with van der Waals surface area (Å²) in [6.45, 7) is 10.4. The Hall–Kier alpha value is -1.26. The van der Waals surface area contributed by atoms with Gasteiger partial charge in [-0.1, -0.05) is 44.5 Å². The fraction of sp³-hybridized carbons (Fsp3) is 0.696. The summed E-state index contributed by atoms with van der Waals surface area (Å²) in [5.41, 5.74) is 1.19. The zero-order chi connectivity index (χ0) is 20.3. The highest BCUT2D eigenvalue weighted by Crippen LogP contribution is 2.36. The molecule has 0 radical (unpaired) electrons. The Morgan fingerprint density at radius 3 is 2.57 bits per heavy atom. The van der Waals surface area contributed by atoms with Gasteiger partial charge in [0.15, 0.2) is 0 Å². The highest BCUT2D eigenvalue weighted by molar-refractivity contribution is 6.32. The number of hydrogen-bond acceptors (Lipinski definition) is 3. The maximum atomic E-state index is 12.3. The quantitative estimate of drug-likeness (QED) is 0.639. The van der Waals surface area contributed by atoms with Crippen LogP contribution >= 0.6 is 11.6 Å². The lowest BCUT2D eigenvalue weighted by Gasteiger charge is -2.38. The number of rotatable bonds is 7. The van der Waals surface area contributed by atoms with Crippen LogP contribution in [0.2, 0.25) is 5.02 Å². The zero-order valence-electron chi connectivity index (χ0n) is 17.8. The molecule has 0 aromatic heterocycles. The van der Waals surface area contributed by atoms with E-state index in [1.807, 2.05) is 24.1 Å². The molecule has 4 nitrogen and oxygen atoms in total. The van der Waals surface area contributed by atoms with Crippen molar-refractivity contribution in [3.05, 3.63) is 28.8 Å². The fourth-order valence-electron chi connectivity index (χ4n) is 4.13. The Morgan fingerprint density at radius 2 is 1.93 bits per heavy atom. The molecule has 1 amide bonds. The van der Waals surface area contributed by atoms with Crippen molar-refractivity contribution in [1.29, 1.82) is 0 Å². The van der Waals surface area contributed by atoms with Crippen molar-refractivity contribution in [3.8, 4) is 5.75 Å². The van der Waals surface area contributed by atoms with Gasteiger partial charge >= 0.3 is 0 Å². The Bertz CT molecular complexity index is 674. The van der Waals surface area contributed by atoms with Gasteiger partial charge in [-0.25, -0.2) is 0 Å². The van der Waals surface area contributed by atoms with Crippen LogP contribution < -0.4 is 4.74 Å². The van der Waals surface area contributed by atoms with Crippen LogP contribution in [-0.4, -0.2) is 48.5 Å². The van der Waals surface area contributed by atoms with E-state index in [-0.39, 0.29) is 17.4 Å². The minimum atomic E-state index is 0.0352. The summed E-state index contributed by atoms with van der Waals surface area (Å²) in [7, 11) is 1.92. The average molecular weight is 407 g/mol. The molecule has 1 aromatic rings. The molecule has 0 N–H and O–H groups in total. The van der Waals surface area contributed by atoms with Crippen molar-refractivity contribution < 1.29 is 9.53 Å². The van der Waals surface area contributed by atoms with E-state index in [1.54, 1.807) is 0 Å². The number of ether oxygens (including phenoxy) is 1. The van der Waals surface area contributed by atoms with Crippen molar-refractivity contribution in [2.75, 3.05) is 26.7 Å². The molecule has 156 valence electrons. The first-order valence-electron chi connectivity index (χ1n) is 10.6. The van der Waals surface area contributed by atoms with Gasteiger partial charge < -0.3 is 9.64 Å². The van der Waals surface area contributed by atoms with Crippen molar-refractivity contribution in [1.82, 2.24) is 9.80 Å². The molecule has 3 rings (SSSR count). The normalized spacial score (nSPS) is 22.8. The highest BCUT2D eigenvalue weighted by atomic mass is 35.5. The second kappa shape index (κ2) is 9.04. The summed E-state index contributed by atoms with van der Waals surface area (Å²) < 4.78 is 6.19. The molecule has 5 heteroatoms. The number of benzene rings is 1. The van der Waals surface area contributed by atoms with Gasteiger partial charge in [0.1, 0.15) is 5.75 Å². The lowest BCUT2D eigenvalue weighted by molar-refractivity contribution is -0.133. The first-order valence-corrected chi connectivity index (χ1v) is 11.0. The summed E-state index contributed by atoms with van der Waals surface area (Å²) in [6.07, 6.45) is 5.33. The van der Waals surface area contributed by atoms with E-state index in [1.165, 1.54) is 12.8 Å². The first kappa shape index (κ1) is 21.4. The second-order valence-electron chi connectivity index (χ2n) is 9.80. The van der Waals surface area contributed by atoms with Gasteiger partial charge in [-0.3, -0.25) is 9.69 Å². The van der Waals surface area contributed by atoms with Gasteiger partial charge in [-0.15, -0.1) is 0 Å². The maximum absolute atomic E-state index is 12.3. The topological polar surface area (TPSA) is 32.8 Å². The predicted molar refractivity (Wildman–Crippen MR) is 115 cm³/mol. The molecule has 1 heterocycles. The van der Waals surface area contributed by atoms with E-state index in [4.69, 9.17) is 16.3 Å². The molecular weight excluding hydrogens is 372 g/mol. The Balaban J connectivity index is 1.46. The molecule has 28 heavy (non-hydrogen) atoms. The van der Waals surface area contributed by atoms with Gasteiger partial charge in [0.05, 0.1) is 11.1 Å². The summed E-state index contributed by atoms with van der Waals surface area (Å²) >= 11 is 6.63. The lowest BCUT2D eigenvalue weighted by atomic mass is 9.81. The van der Waals surface area contributed by atoms with Crippen LogP contribution in [0.1, 0.15) is 58.4 Å². The number of hydrogen-bond donors (Lipinski definition) is 0.